The zero-order valence-corrected chi connectivity index (χ0v) is 22.7. The number of rotatable bonds is 14. The van der Waals surface area contributed by atoms with Crippen LogP contribution >= 0.6 is 0 Å². The molecule has 0 bridgehead atoms. The molecule has 0 spiro atoms. The lowest BCUT2D eigenvalue weighted by Gasteiger charge is -2.33. The van der Waals surface area contributed by atoms with Crippen molar-refractivity contribution in [1.29, 1.82) is 5.41 Å². The zero-order valence-electron chi connectivity index (χ0n) is 22.7. The van der Waals surface area contributed by atoms with Crippen molar-refractivity contribution in [1.82, 2.24) is 10.2 Å². The molecule has 40 heavy (non-hydrogen) atoms. The number of nitrogens with one attached hydrogen (secondary N) is 2. The maximum absolute atomic E-state index is 14.4. The van der Waals surface area contributed by atoms with E-state index < -0.39 is 17.9 Å². The molecule has 3 rings (SSSR count). The molecule has 0 fully saturated rings. The van der Waals surface area contributed by atoms with Crippen molar-refractivity contribution < 1.29 is 19.1 Å². The number of aryl methyl sites for hydroxylation is 1. The van der Waals surface area contributed by atoms with Gasteiger partial charge in [-0.3, -0.25) is 19.8 Å². The van der Waals surface area contributed by atoms with Crippen LogP contribution in [0.1, 0.15) is 47.4 Å². The third kappa shape index (κ3) is 8.69. The summed E-state index contributed by atoms with van der Waals surface area (Å²) in [6.45, 7) is 0.539. The molecule has 9 nitrogen and oxygen atoms in total. The summed E-state index contributed by atoms with van der Waals surface area (Å²) in [6.07, 6.45) is 1.58. The summed E-state index contributed by atoms with van der Waals surface area (Å²) in [5, 5.41) is 10.1. The van der Waals surface area contributed by atoms with Crippen LogP contribution in [0.5, 0.6) is 0 Å². The summed E-state index contributed by atoms with van der Waals surface area (Å²) in [5.74, 6) is -1.93. The van der Waals surface area contributed by atoms with E-state index >= 15 is 0 Å². The average Bonchev–Trinajstić information content (AvgIpc) is 2.96. The van der Waals surface area contributed by atoms with Gasteiger partial charge in [0.2, 0.25) is 11.8 Å². The quantitative estimate of drug-likeness (QED) is 0.106. The number of carbonyl (C=O) groups excluding carboxylic acids is 3. The van der Waals surface area contributed by atoms with Crippen molar-refractivity contribution in [2.24, 2.45) is 11.5 Å². The van der Waals surface area contributed by atoms with E-state index in [1.54, 1.807) is 4.90 Å². The smallest absolute Gasteiger partial charge is 0.305 e. The molecule has 9 heteroatoms. The number of benzene rings is 3. The lowest BCUT2D eigenvalue weighted by Crippen LogP contribution is -2.49. The van der Waals surface area contributed by atoms with Crippen LogP contribution in [0.3, 0.4) is 0 Å². The molecule has 0 aliphatic heterocycles. The highest BCUT2D eigenvalue weighted by molar-refractivity contribution is 5.92. The fourth-order valence-electron chi connectivity index (χ4n) is 4.60. The lowest BCUT2D eigenvalue weighted by molar-refractivity contribution is -0.141. The number of hydrogen-bond donors (Lipinski definition) is 4. The predicted octanol–water partition coefficient (Wildman–Crippen LogP) is 3.07. The van der Waals surface area contributed by atoms with Crippen LogP contribution in [-0.4, -0.2) is 48.3 Å². The Labute approximate surface area is 235 Å². The Kier molecular flexibility index (Phi) is 11.3. The minimum atomic E-state index is -0.879. The maximum Gasteiger partial charge on any atom is 0.305 e. The van der Waals surface area contributed by atoms with Crippen LogP contribution in [0, 0.1) is 5.41 Å². The van der Waals surface area contributed by atoms with E-state index in [4.69, 9.17) is 21.6 Å². The van der Waals surface area contributed by atoms with Crippen molar-refractivity contribution in [3.63, 3.8) is 0 Å². The second-order valence-electron chi connectivity index (χ2n) is 9.51. The van der Waals surface area contributed by atoms with Gasteiger partial charge in [-0.2, -0.15) is 0 Å². The number of ether oxygens (including phenoxy) is 1. The fourth-order valence-corrected chi connectivity index (χ4v) is 4.60. The third-order valence-corrected chi connectivity index (χ3v) is 6.69. The van der Waals surface area contributed by atoms with E-state index in [1.807, 2.05) is 84.9 Å². The zero-order chi connectivity index (χ0) is 28.9. The first-order valence-electron chi connectivity index (χ1n) is 13.2. The lowest BCUT2D eigenvalue weighted by atomic mass is 9.89. The van der Waals surface area contributed by atoms with Gasteiger partial charge in [0.25, 0.3) is 0 Å². The van der Waals surface area contributed by atoms with E-state index in [2.05, 4.69) is 5.32 Å². The number of guanidine groups is 1. The molecule has 3 aromatic rings. The summed E-state index contributed by atoms with van der Waals surface area (Å²) in [6, 6.07) is 25.6. The summed E-state index contributed by atoms with van der Waals surface area (Å²) >= 11 is 0. The van der Waals surface area contributed by atoms with E-state index in [-0.39, 0.29) is 30.8 Å². The first kappa shape index (κ1) is 29.9. The number of hydrogen-bond acceptors (Lipinski definition) is 5. The molecule has 0 heterocycles. The van der Waals surface area contributed by atoms with Gasteiger partial charge in [0.1, 0.15) is 6.04 Å². The van der Waals surface area contributed by atoms with Gasteiger partial charge in [-0.15, -0.1) is 0 Å². The van der Waals surface area contributed by atoms with Gasteiger partial charge in [0.05, 0.1) is 13.0 Å². The Morgan fingerprint density at radius 3 is 1.93 bits per heavy atom. The van der Waals surface area contributed by atoms with Crippen molar-refractivity contribution in [3.8, 4) is 0 Å². The summed E-state index contributed by atoms with van der Waals surface area (Å²) < 4.78 is 4.72. The van der Waals surface area contributed by atoms with E-state index in [0.29, 0.717) is 25.8 Å². The van der Waals surface area contributed by atoms with Gasteiger partial charge in [0.15, 0.2) is 5.96 Å². The molecule has 0 aliphatic rings. The van der Waals surface area contributed by atoms with E-state index in [1.165, 1.54) is 7.11 Å². The van der Waals surface area contributed by atoms with Crippen LogP contribution in [0.2, 0.25) is 0 Å². The molecular weight excluding hydrogens is 506 g/mol. The van der Waals surface area contributed by atoms with Crippen LogP contribution < -0.4 is 16.8 Å². The first-order chi connectivity index (χ1) is 19.3. The molecule has 6 N–H and O–H groups in total. The highest BCUT2D eigenvalue weighted by Crippen LogP contribution is 2.29. The van der Waals surface area contributed by atoms with Crippen molar-refractivity contribution in [3.05, 3.63) is 107 Å². The van der Waals surface area contributed by atoms with Crippen molar-refractivity contribution in [2.45, 2.75) is 44.2 Å². The van der Waals surface area contributed by atoms with Gasteiger partial charge in [-0.25, -0.2) is 0 Å². The van der Waals surface area contributed by atoms with Crippen molar-refractivity contribution in [2.75, 3.05) is 13.7 Å². The number of nitrogens with two attached hydrogens (primary N) is 2. The highest BCUT2D eigenvalue weighted by atomic mass is 16.5. The van der Waals surface area contributed by atoms with Gasteiger partial charge in [-0.1, -0.05) is 84.9 Å². The topological polar surface area (TPSA) is 152 Å². The van der Waals surface area contributed by atoms with Gasteiger partial charge < -0.3 is 26.4 Å². The molecule has 3 aromatic carbocycles. The second kappa shape index (κ2) is 15.1. The predicted molar refractivity (Wildman–Crippen MR) is 154 cm³/mol. The van der Waals surface area contributed by atoms with E-state index in [9.17, 15) is 14.4 Å². The van der Waals surface area contributed by atoms with Crippen LogP contribution in [0.15, 0.2) is 84.9 Å². The summed E-state index contributed by atoms with van der Waals surface area (Å²) in [7, 11) is 1.36. The number of amides is 2. The van der Waals surface area contributed by atoms with Gasteiger partial charge in [-0.05, 0) is 41.5 Å². The summed E-state index contributed by atoms with van der Waals surface area (Å²) in [5.41, 5.74) is 14.7. The largest absolute Gasteiger partial charge is 0.469 e. The van der Waals surface area contributed by atoms with Crippen LogP contribution in [0.4, 0.5) is 0 Å². The molecule has 0 aliphatic carbocycles. The molecule has 0 saturated heterocycles. The molecule has 0 radical (unpaired) electrons. The number of carbonyl (C=O) groups is 3. The molecule has 0 unspecified atom stereocenters. The minimum absolute atomic E-state index is 0.163. The van der Waals surface area contributed by atoms with Crippen molar-refractivity contribution >= 4 is 23.7 Å². The number of esters is 1. The van der Waals surface area contributed by atoms with E-state index in [0.717, 1.165) is 22.3 Å². The first-order valence-corrected chi connectivity index (χ1v) is 13.2. The fraction of sp³-hybridized carbons (Fsp3) is 0.290. The summed E-state index contributed by atoms with van der Waals surface area (Å²) in [4.78, 5) is 40.3. The number of nitrogens with zero attached hydrogens (tertiary/aromatic N) is 1. The number of primary amides is 1. The van der Waals surface area contributed by atoms with Gasteiger partial charge in [0, 0.05) is 19.5 Å². The third-order valence-electron chi connectivity index (χ3n) is 6.69. The molecule has 0 aromatic heterocycles. The Morgan fingerprint density at radius 2 is 1.43 bits per heavy atom. The molecule has 0 saturated carbocycles. The molecule has 2 amide bonds. The minimum Gasteiger partial charge on any atom is -0.469 e. The molecule has 1 atom stereocenters. The SMILES string of the molecule is COC(=O)CCc1ccc(CN(C(=O)C(c2ccccc2)c2ccccc2)[C@H](CCCNC(=N)N)C(N)=O)cc1. The van der Waals surface area contributed by atoms with Gasteiger partial charge >= 0.3 is 5.97 Å². The normalized spacial score (nSPS) is 11.4. The maximum atomic E-state index is 14.4. The van der Waals surface area contributed by atoms with Crippen LogP contribution in [0.25, 0.3) is 0 Å². The highest BCUT2D eigenvalue weighted by Gasteiger charge is 2.34. The Morgan fingerprint density at radius 1 is 0.875 bits per heavy atom. The standard InChI is InChI=1S/C31H37N5O4/c1-40-27(37)19-18-22-14-16-23(17-15-22)21-36(26(29(32)38)13-8-20-35-31(33)34)30(39)28(24-9-4-2-5-10-24)25-11-6-3-7-12-25/h2-7,9-12,14-17,26,28H,8,13,18-21H2,1H3,(H2,32,38)(H4,33,34,35)/t26-/m1/s1. The Hall–Kier alpha value is -4.66. The second-order valence-corrected chi connectivity index (χ2v) is 9.51. The number of methoxy groups -OCH3 is 1. The molecular formula is C31H37N5O4. The Bertz CT molecular complexity index is 1230. The monoisotopic (exact) mass is 543 g/mol. The Balaban J connectivity index is 1.95. The average molecular weight is 544 g/mol. The van der Waals surface area contributed by atoms with Crippen LogP contribution in [-0.2, 0) is 32.1 Å². The molecule has 210 valence electrons.